The lowest BCUT2D eigenvalue weighted by Gasteiger charge is -2.28. The molecule has 2 aliphatic rings. The van der Waals surface area contributed by atoms with Crippen LogP contribution in [0.15, 0.2) is 30.6 Å². The number of nitrogens with zero attached hydrogens (tertiary/aromatic N) is 4. The molecule has 1 fully saturated rings. The Kier molecular flexibility index (Phi) is 4.61. The molecule has 1 saturated heterocycles. The van der Waals surface area contributed by atoms with E-state index in [1.54, 1.807) is 6.33 Å². The van der Waals surface area contributed by atoms with E-state index in [0.717, 1.165) is 62.4 Å². The zero-order chi connectivity index (χ0) is 17.9. The molecular formula is C20H23N5O. The highest BCUT2D eigenvalue weighted by Crippen LogP contribution is 2.31. The predicted octanol–water partition coefficient (Wildman–Crippen LogP) is 2.44. The first-order chi connectivity index (χ1) is 12.8. The molecule has 1 unspecified atom stereocenters. The van der Waals surface area contributed by atoms with Gasteiger partial charge in [0.1, 0.15) is 6.07 Å². The maximum Gasteiger partial charge on any atom is 0.231 e. The topological polar surface area (TPSA) is 76.0 Å². The molecular weight excluding hydrogens is 326 g/mol. The number of aromatic amines is 1. The number of aryl methyl sites for hydroxylation is 1. The fourth-order valence-electron chi connectivity index (χ4n) is 4.14. The number of carbonyl (C=O) groups excluding carboxylic acids is 1. The smallest absolute Gasteiger partial charge is 0.231 e. The van der Waals surface area contributed by atoms with Gasteiger partial charge in [0, 0.05) is 31.9 Å². The molecule has 6 heteroatoms. The second-order valence-electron chi connectivity index (χ2n) is 7.01. The largest absolute Gasteiger partial charge is 0.369 e. The van der Waals surface area contributed by atoms with E-state index in [0.29, 0.717) is 12.1 Å². The number of fused-ring (bicyclic) bond motifs is 1. The van der Waals surface area contributed by atoms with Gasteiger partial charge in [-0.3, -0.25) is 4.79 Å². The number of aromatic nitrogens is 2. The number of benzene rings is 1. The number of imidazole rings is 1. The van der Waals surface area contributed by atoms with E-state index in [1.807, 2.05) is 29.2 Å². The highest BCUT2D eigenvalue weighted by Gasteiger charge is 2.32. The van der Waals surface area contributed by atoms with Gasteiger partial charge >= 0.3 is 0 Å². The Morgan fingerprint density at radius 3 is 2.96 bits per heavy atom. The number of rotatable bonds is 2. The highest BCUT2D eigenvalue weighted by molar-refractivity contribution is 5.84. The van der Waals surface area contributed by atoms with Gasteiger partial charge in [-0.25, -0.2) is 4.98 Å². The molecule has 1 aliphatic heterocycles. The van der Waals surface area contributed by atoms with Gasteiger partial charge in [-0.2, -0.15) is 5.26 Å². The summed E-state index contributed by atoms with van der Waals surface area (Å²) in [5.41, 5.74) is 3.73. The van der Waals surface area contributed by atoms with E-state index in [9.17, 15) is 10.1 Å². The van der Waals surface area contributed by atoms with E-state index in [4.69, 9.17) is 0 Å². The number of para-hydroxylation sites is 1. The van der Waals surface area contributed by atoms with Crippen LogP contribution in [0.1, 0.15) is 42.1 Å². The van der Waals surface area contributed by atoms with E-state index >= 15 is 0 Å². The van der Waals surface area contributed by atoms with Crippen LogP contribution >= 0.6 is 0 Å². The summed E-state index contributed by atoms with van der Waals surface area (Å²) in [5.74, 6) is 0.0939. The molecule has 0 spiro atoms. The van der Waals surface area contributed by atoms with Gasteiger partial charge in [-0.1, -0.05) is 12.1 Å². The lowest BCUT2D eigenvalue weighted by molar-refractivity contribution is -0.133. The van der Waals surface area contributed by atoms with Crippen LogP contribution in [0, 0.1) is 11.3 Å². The molecule has 1 aromatic carbocycles. The van der Waals surface area contributed by atoms with Crippen LogP contribution in [0.2, 0.25) is 0 Å². The van der Waals surface area contributed by atoms with Crippen LogP contribution in [0.4, 0.5) is 5.69 Å². The van der Waals surface area contributed by atoms with Gasteiger partial charge in [0.2, 0.25) is 5.91 Å². The van der Waals surface area contributed by atoms with Crippen LogP contribution < -0.4 is 4.90 Å². The number of nitriles is 1. The molecule has 4 rings (SSSR count). The average molecular weight is 349 g/mol. The summed E-state index contributed by atoms with van der Waals surface area (Å²) >= 11 is 0. The Balaban J connectivity index is 1.48. The molecule has 1 N–H and O–H groups in total. The third-order valence-electron chi connectivity index (χ3n) is 5.47. The fraction of sp³-hybridized carbons (Fsp3) is 0.450. The summed E-state index contributed by atoms with van der Waals surface area (Å²) in [6.45, 7) is 3.07. The van der Waals surface area contributed by atoms with Crippen molar-refractivity contribution >= 4 is 11.6 Å². The minimum Gasteiger partial charge on any atom is -0.369 e. The second-order valence-corrected chi connectivity index (χ2v) is 7.01. The number of anilines is 1. The van der Waals surface area contributed by atoms with Crippen LogP contribution in [0.25, 0.3) is 0 Å². The SMILES string of the molecule is N#Cc1ccccc1N1CCCN(C(=O)C2CCCc3[nH]cnc32)CC1. The normalized spacial score (nSPS) is 20.2. The quantitative estimate of drug-likeness (QED) is 0.903. The Labute approximate surface area is 153 Å². The Hall–Kier alpha value is -2.81. The van der Waals surface area contributed by atoms with Crippen molar-refractivity contribution in [2.75, 3.05) is 31.1 Å². The van der Waals surface area contributed by atoms with Gasteiger partial charge in [-0.05, 0) is 37.8 Å². The summed E-state index contributed by atoms with van der Waals surface area (Å²) < 4.78 is 0. The third-order valence-corrected chi connectivity index (χ3v) is 5.47. The maximum absolute atomic E-state index is 13.1. The first kappa shape index (κ1) is 16.6. The number of carbonyl (C=O) groups is 1. The van der Waals surface area contributed by atoms with Crippen LogP contribution in [-0.2, 0) is 11.2 Å². The molecule has 1 aliphatic carbocycles. The third kappa shape index (κ3) is 3.05. The zero-order valence-corrected chi connectivity index (χ0v) is 14.8. The molecule has 0 bridgehead atoms. The van der Waals surface area contributed by atoms with E-state index in [1.165, 1.54) is 0 Å². The lowest BCUT2D eigenvalue weighted by Crippen LogP contribution is -2.39. The fourth-order valence-corrected chi connectivity index (χ4v) is 4.14. The number of hydrogen-bond donors (Lipinski definition) is 1. The van der Waals surface area contributed by atoms with Gasteiger partial charge in [-0.15, -0.1) is 0 Å². The Morgan fingerprint density at radius 2 is 2.08 bits per heavy atom. The zero-order valence-electron chi connectivity index (χ0n) is 14.8. The summed E-state index contributed by atoms with van der Waals surface area (Å²) in [5, 5.41) is 9.35. The molecule has 2 heterocycles. The second kappa shape index (κ2) is 7.20. The standard InChI is InChI=1S/C20H23N5O/c21-13-15-5-1-2-8-18(15)24-9-4-10-25(12-11-24)20(26)16-6-3-7-17-19(16)23-14-22-17/h1-2,5,8,14,16H,3-4,6-7,9-12H2,(H,22,23). The van der Waals surface area contributed by atoms with Gasteiger partial charge in [0.15, 0.2) is 0 Å². The van der Waals surface area contributed by atoms with Crippen LogP contribution in [0.3, 0.4) is 0 Å². The molecule has 0 saturated carbocycles. The minimum atomic E-state index is -0.108. The molecule has 1 aromatic heterocycles. The number of H-pyrrole nitrogens is 1. The van der Waals surface area contributed by atoms with Gasteiger partial charge < -0.3 is 14.8 Å². The summed E-state index contributed by atoms with van der Waals surface area (Å²) in [7, 11) is 0. The van der Waals surface area contributed by atoms with Crippen molar-refractivity contribution in [3.05, 3.63) is 47.5 Å². The van der Waals surface area contributed by atoms with Crippen molar-refractivity contribution < 1.29 is 4.79 Å². The summed E-state index contributed by atoms with van der Waals surface area (Å²) in [4.78, 5) is 24.9. The van der Waals surface area contributed by atoms with Crippen molar-refractivity contribution in [2.45, 2.75) is 31.6 Å². The molecule has 26 heavy (non-hydrogen) atoms. The predicted molar refractivity (Wildman–Crippen MR) is 98.8 cm³/mol. The van der Waals surface area contributed by atoms with E-state index < -0.39 is 0 Å². The molecule has 2 aromatic rings. The highest BCUT2D eigenvalue weighted by atomic mass is 16.2. The number of amides is 1. The summed E-state index contributed by atoms with van der Waals surface area (Å²) in [6, 6.07) is 9.97. The van der Waals surface area contributed by atoms with Crippen molar-refractivity contribution in [2.24, 2.45) is 0 Å². The lowest BCUT2D eigenvalue weighted by atomic mass is 9.88. The molecule has 1 atom stereocenters. The molecule has 1 amide bonds. The van der Waals surface area contributed by atoms with Crippen molar-refractivity contribution in [3.63, 3.8) is 0 Å². The molecule has 0 radical (unpaired) electrons. The molecule has 6 nitrogen and oxygen atoms in total. The van der Waals surface area contributed by atoms with Crippen molar-refractivity contribution in [3.8, 4) is 6.07 Å². The number of hydrogen-bond acceptors (Lipinski definition) is 4. The van der Waals surface area contributed by atoms with E-state index in [2.05, 4.69) is 20.9 Å². The maximum atomic E-state index is 13.1. The van der Waals surface area contributed by atoms with Gasteiger partial charge in [0.25, 0.3) is 0 Å². The van der Waals surface area contributed by atoms with Crippen LogP contribution in [0.5, 0.6) is 0 Å². The van der Waals surface area contributed by atoms with Crippen LogP contribution in [-0.4, -0.2) is 47.0 Å². The van der Waals surface area contributed by atoms with Crippen molar-refractivity contribution in [1.82, 2.24) is 14.9 Å². The Bertz CT molecular complexity index is 837. The minimum absolute atomic E-state index is 0.108. The first-order valence-corrected chi connectivity index (χ1v) is 9.33. The molecule has 134 valence electrons. The first-order valence-electron chi connectivity index (χ1n) is 9.33. The monoisotopic (exact) mass is 349 g/mol. The Morgan fingerprint density at radius 1 is 1.19 bits per heavy atom. The van der Waals surface area contributed by atoms with Crippen molar-refractivity contribution in [1.29, 1.82) is 5.26 Å². The number of nitrogens with one attached hydrogen (secondary N) is 1. The summed E-state index contributed by atoms with van der Waals surface area (Å²) in [6.07, 6.45) is 5.51. The van der Waals surface area contributed by atoms with Gasteiger partial charge in [0.05, 0.1) is 29.2 Å². The van der Waals surface area contributed by atoms with E-state index in [-0.39, 0.29) is 11.8 Å². The average Bonchev–Trinajstić information content (AvgIpc) is 3.04.